The van der Waals surface area contributed by atoms with Crippen molar-refractivity contribution in [1.82, 2.24) is 4.90 Å². The summed E-state index contributed by atoms with van der Waals surface area (Å²) in [5.41, 5.74) is 0. The number of amides is 1. The van der Waals surface area contributed by atoms with Gasteiger partial charge in [-0.15, -0.1) is 0 Å². The molecule has 1 N–H and O–H groups in total. The number of carbonyl (C=O) groups is 2. The number of carboxylic acids is 1. The first-order valence-corrected chi connectivity index (χ1v) is 6.25. The maximum atomic E-state index is 11.8. The third kappa shape index (κ3) is 3.19. The first-order valence-electron chi connectivity index (χ1n) is 6.25. The molecule has 2 fully saturated rings. The molecule has 5 nitrogen and oxygen atoms in total. The van der Waals surface area contributed by atoms with Gasteiger partial charge in [0, 0.05) is 32.7 Å². The van der Waals surface area contributed by atoms with Gasteiger partial charge in [-0.3, -0.25) is 9.59 Å². The summed E-state index contributed by atoms with van der Waals surface area (Å²) in [5.74, 6) is -0.804. The van der Waals surface area contributed by atoms with Gasteiger partial charge in [0.25, 0.3) is 0 Å². The predicted octanol–water partition coefficient (Wildman–Crippen LogP) is 0.736. The maximum Gasteiger partial charge on any atom is 0.307 e. The molecule has 2 saturated heterocycles. The number of piperidine rings is 1. The quantitative estimate of drug-likeness (QED) is 0.791. The first-order chi connectivity index (χ1) is 8.16. The molecule has 0 aromatic heterocycles. The van der Waals surface area contributed by atoms with E-state index in [1.165, 1.54) is 0 Å². The first kappa shape index (κ1) is 12.4. The third-order valence-corrected chi connectivity index (χ3v) is 3.69. The van der Waals surface area contributed by atoms with Crippen LogP contribution in [-0.2, 0) is 14.3 Å². The van der Waals surface area contributed by atoms with Gasteiger partial charge in [-0.05, 0) is 25.2 Å². The van der Waals surface area contributed by atoms with Crippen LogP contribution in [0.25, 0.3) is 0 Å². The topological polar surface area (TPSA) is 66.8 Å². The smallest absolute Gasteiger partial charge is 0.307 e. The van der Waals surface area contributed by atoms with Crippen LogP contribution in [0.3, 0.4) is 0 Å². The Bertz CT molecular complexity index is 299. The molecule has 96 valence electrons. The number of aliphatic carboxylic acids is 1. The summed E-state index contributed by atoms with van der Waals surface area (Å²) in [7, 11) is 0. The summed E-state index contributed by atoms with van der Waals surface area (Å²) < 4.78 is 5.28. The van der Waals surface area contributed by atoms with Gasteiger partial charge in [0.2, 0.25) is 5.91 Å². The van der Waals surface area contributed by atoms with Gasteiger partial charge >= 0.3 is 5.97 Å². The zero-order valence-corrected chi connectivity index (χ0v) is 9.93. The van der Waals surface area contributed by atoms with Crippen LogP contribution in [-0.4, -0.2) is 48.2 Å². The Balaban J connectivity index is 1.82. The lowest BCUT2D eigenvalue weighted by atomic mass is 9.94. The van der Waals surface area contributed by atoms with Crippen molar-refractivity contribution in [2.24, 2.45) is 11.8 Å². The number of likely N-dealkylation sites (tertiary alicyclic amines) is 1. The minimum Gasteiger partial charge on any atom is -0.481 e. The number of nitrogens with zero attached hydrogens (tertiary/aromatic N) is 1. The van der Waals surface area contributed by atoms with Crippen molar-refractivity contribution in [1.29, 1.82) is 0 Å². The van der Waals surface area contributed by atoms with E-state index >= 15 is 0 Å². The summed E-state index contributed by atoms with van der Waals surface area (Å²) in [6, 6.07) is 0. The van der Waals surface area contributed by atoms with Crippen molar-refractivity contribution in [3.63, 3.8) is 0 Å². The number of hydrogen-bond acceptors (Lipinski definition) is 3. The Morgan fingerprint density at radius 3 is 2.65 bits per heavy atom. The van der Waals surface area contributed by atoms with E-state index < -0.39 is 11.9 Å². The Morgan fingerprint density at radius 1 is 1.35 bits per heavy atom. The van der Waals surface area contributed by atoms with E-state index in [0.717, 1.165) is 32.6 Å². The summed E-state index contributed by atoms with van der Waals surface area (Å²) in [5, 5.41) is 8.88. The predicted molar refractivity (Wildman–Crippen MR) is 60.5 cm³/mol. The fourth-order valence-electron chi connectivity index (χ4n) is 2.52. The zero-order chi connectivity index (χ0) is 12.3. The number of carboxylic acid groups (broad SMARTS) is 1. The van der Waals surface area contributed by atoms with E-state index in [4.69, 9.17) is 9.84 Å². The highest BCUT2D eigenvalue weighted by molar-refractivity contribution is 5.83. The second kappa shape index (κ2) is 5.49. The van der Waals surface area contributed by atoms with E-state index in [0.29, 0.717) is 18.9 Å². The van der Waals surface area contributed by atoms with Crippen LogP contribution in [0.15, 0.2) is 0 Å². The van der Waals surface area contributed by atoms with E-state index in [1.54, 1.807) is 0 Å². The van der Waals surface area contributed by atoms with Crippen LogP contribution in [0.2, 0.25) is 0 Å². The second-order valence-electron chi connectivity index (χ2n) is 4.92. The van der Waals surface area contributed by atoms with Crippen LogP contribution < -0.4 is 0 Å². The van der Waals surface area contributed by atoms with Gasteiger partial charge in [-0.25, -0.2) is 0 Å². The molecule has 17 heavy (non-hydrogen) atoms. The van der Waals surface area contributed by atoms with E-state index in [-0.39, 0.29) is 12.3 Å². The lowest BCUT2D eigenvalue weighted by molar-refractivity contribution is -0.149. The molecule has 1 amide bonds. The monoisotopic (exact) mass is 241 g/mol. The molecule has 2 rings (SSSR count). The highest BCUT2D eigenvalue weighted by Gasteiger charge is 2.31. The van der Waals surface area contributed by atoms with Crippen molar-refractivity contribution >= 4 is 11.9 Å². The third-order valence-electron chi connectivity index (χ3n) is 3.69. The van der Waals surface area contributed by atoms with Crippen molar-refractivity contribution in [3.05, 3.63) is 0 Å². The van der Waals surface area contributed by atoms with Gasteiger partial charge in [0.05, 0.1) is 5.92 Å². The minimum absolute atomic E-state index is 0.00450. The molecular weight excluding hydrogens is 222 g/mol. The van der Waals surface area contributed by atoms with Gasteiger partial charge < -0.3 is 14.7 Å². The minimum atomic E-state index is -0.843. The molecule has 2 aliphatic heterocycles. The molecule has 0 bridgehead atoms. The molecular formula is C12H19NO4. The van der Waals surface area contributed by atoms with E-state index in [2.05, 4.69) is 0 Å². The van der Waals surface area contributed by atoms with Gasteiger partial charge in [0.1, 0.15) is 0 Å². The lowest BCUT2D eigenvalue weighted by Gasteiger charge is -2.34. The second-order valence-corrected chi connectivity index (χ2v) is 4.92. The van der Waals surface area contributed by atoms with Crippen LogP contribution in [0.1, 0.15) is 25.7 Å². The molecule has 5 heteroatoms. The van der Waals surface area contributed by atoms with Crippen LogP contribution in [0.5, 0.6) is 0 Å². The normalized spacial score (nSPS) is 27.2. The zero-order valence-electron chi connectivity index (χ0n) is 9.93. The maximum absolute atomic E-state index is 11.8. The average Bonchev–Trinajstić information content (AvgIpc) is 2.33. The molecule has 0 aliphatic carbocycles. The van der Waals surface area contributed by atoms with Crippen LogP contribution in [0.4, 0.5) is 0 Å². The van der Waals surface area contributed by atoms with Crippen LogP contribution >= 0.6 is 0 Å². The Hall–Kier alpha value is -1.10. The van der Waals surface area contributed by atoms with Gasteiger partial charge in [-0.2, -0.15) is 0 Å². The molecule has 0 aromatic carbocycles. The summed E-state index contributed by atoms with van der Waals surface area (Å²) in [4.78, 5) is 24.5. The molecule has 0 spiro atoms. The van der Waals surface area contributed by atoms with Gasteiger partial charge in [0.15, 0.2) is 0 Å². The Morgan fingerprint density at radius 2 is 2.06 bits per heavy atom. The molecule has 2 heterocycles. The summed E-state index contributed by atoms with van der Waals surface area (Å²) in [6.45, 7) is 2.93. The molecule has 1 unspecified atom stereocenters. The fraction of sp³-hybridized carbons (Fsp3) is 0.833. The van der Waals surface area contributed by atoms with Crippen molar-refractivity contribution in [2.75, 3.05) is 26.3 Å². The highest BCUT2D eigenvalue weighted by atomic mass is 16.5. The molecule has 1 atom stereocenters. The molecule has 0 aromatic rings. The number of ether oxygens (including phenoxy) is 1. The molecule has 0 saturated carbocycles. The van der Waals surface area contributed by atoms with E-state index in [1.807, 2.05) is 4.90 Å². The van der Waals surface area contributed by atoms with Crippen molar-refractivity contribution < 1.29 is 19.4 Å². The number of hydrogen-bond donors (Lipinski definition) is 1. The summed E-state index contributed by atoms with van der Waals surface area (Å²) >= 11 is 0. The van der Waals surface area contributed by atoms with Crippen LogP contribution in [0, 0.1) is 11.8 Å². The lowest BCUT2D eigenvalue weighted by Crippen LogP contribution is -2.43. The Kier molecular flexibility index (Phi) is 3.99. The fourth-order valence-corrected chi connectivity index (χ4v) is 2.52. The van der Waals surface area contributed by atoms with Crippen molar-refractivity contribution in [3.8, 4) is 0 Å². The molecule has 2 aliphatic rings. The van der Waals surface area contributed by atoms with Gasteiger partial charge in [-0.1, -0.05) is 0 Å². The summed E-state index contributed by atoms with van der Waals surface area (Å²) in [6.07, 6.45) is 2.77. The largest absolute Gasteiger partial charge is 0.481 e. The number of rotatable bonds is 3. The highest BCUT2D eigenvalue weighted by Crippen LogP contribution is 2.22. The Labute approximate surface area is 101 Å². The SMILES string of the molecule is O=C(O)C1CCN(CC2CCOCC2)C(=O)C1. The van der Waals surface area contributed by atoms with E-state index in [9.17, 15) is 9.59 Å². The standard InChI is InChI=1S/C12H19NO4/c14-11-7-10(12(15)16)1-4-13(11)8-9-2-5-17-6-3-9/h9-10H,1-8H2,(H,15,16). The van der Waals surface area contributed by atoms with Crippen molar-refractivity contribution in [2.45, 2.75) is 25.7 Å². The average molecular weight is 241 g/mol. The number of carbonyl (C=O) groups excluding carboxylic acids is 1. The molecule has 0 radical (unpaired) electrons.